The number of aliphatic carboxylic acids is 1. The summed E-state index contributed by atoms with van der Waals surface area (Å²) in [6, 6.07) is 12.5. The van der Waals surface area contributed by atoms with E-state index in [2.05, 4.69) is 21.3 Å². The second-order valence-electron chi connectivity index (χ2n) is 11.4. The number of carboxylic acids is 1. The third-order valence-electron chi connectivity index (χ3n) is 7.06. The van der Waals surface area contributed by atoms with E-state index >= 15 is 0 Å². The van der Waals surface area contributed by atoms with Gasteiger partial charge in [0.1, 0.15) is 24.2 Å². The molecule has 2 aromatic rings. The van der Waals surface area contributed by atoms with Gasteiger partial charge in [0.15, 0.2) is 0 Å². The molecular weight excluding hydrogens is 578 g/mol. The first-order valence-electron chi connectivity index (χ1n) is 15.1. The lowest BCUT2D eigenvalue weighted by atomic mass is 10.0. The average Bonchev–Trinajstić information content (AvgIpc) is 3.00. The van der Waals surface area contributed by atoms with Crippen LogP contribution in [0.25, 0.3) is 0 Å². The minimum Gasteiger partial charge on any atom is -0.480 e. The molecule has 0 fully saturated rings. The molecule has 0 aromatic heterocycles. The molecule has 0 saturated heterocycles. The summed E-state index contributed by atoms with van der Waals surface area (Å²) in [6.07, 6.45) is 0.635. The molecular formula is C32H47N7O6. The highest BCUT2D eigenvalue weighted by molar-refractivity contribution is 5.95. The van der Waals surface area contributed by atoms with Gasteiger partial charge >= 0.3 is 5.97 Å². The van der Waals surface area contributed by atoms with Crippen LogP contribution in [-0.2, 0) is 36.8 Å². The molecule has 0 saturated carbocycles. The van der Waals surface area contributed by atoms with Crippen LogP contribution in [0, 0.1) is 5.92 Å². The number of carbonyl (C=O) groups is 5. The van der Waals surface area contributed by atoms with Crippen LogP contribution in [0.1, 0.15) is 44.2 Å². The zero-order valence-corrected chi connectivity index (χ0v) is 25.9. The van der Waals surface area contributed by atoms with Gasteiger partial charge in [0.25, 0.3) is 0 Å². The van der Waals surface area contributed by atoms with Crippen LogP contribution in [0.4, 0.5) is 0 Å². The van der Waals surface area contributed by atoms with Gasteiger partial charge in [-0.2, -0.15) is 0 Å². The van der Waals surface area contributed by atoms with E-state index in [4.69, 9.17) is 17.2 Å². The molecule has 2 rings (SSSR count). The van der Waals surface area contributed by atoms with Gasteiger partial charge in [-0.25, -0.2) is 4.79 Å². The normalized spacial score (nSPS) is 14.4. The van der Waals surface area contributed by atoms with Crippen molar-refractivity contribution in [2.45, 2.75) is 76.2 Å². The largest absolute Gasteiger partial charge is 0.480 e. The van der Waals surface area contributed by atoms with Crippen molar-refractivity contribution >= 4 is 29.6 Å². The molecule has 4 amide bonds. The molecule has 0 spiro atoms. The van der Waals surface area contributed by atoms with E-state index in [1.54, 1.807) is 48.5 Å². The minimum absolute atomic E-state index is 0.00593. The summed E-state index contributed by atoms with van der Waals surface area (Å²) in [5.41, 5.74) is 18.7. The van der Waals surface area contributed by atoms with Crippen LogP contribution < -0.4 is 38.5 Å². The molecule has 0 aliphatic carbocycles. The SMILES string of the molecule is CC(C)C[C@H](NC(=O)[C@H](CCN)NC(=O)[C@H](Cc1ccccc1)NC(=O)[C@@H](Cc1ccccc1)NC(=O)[C@@H](N)CCN)C(=O)O. The molecule has 0 radical (unpaired) electrons. The Hall–Kier alpha value is -4.33. The molecule has 0 aliphatic heterocycles. The Balaban J connectivity index is 2.32. The molecule has 45 heavy (non-hydrogen) atoms. The summed E-state index contributed by atoms with van der Waals surface area (Å²) in [6.45, 7) is 3.88. The lowest BCUT2D eigenvalue weighted by Gasteiger charge is -2.27. The fourth-order valence-electron chi connectivity index (χ4n) is 4.65. The fourth-order valence-corrected chi connectivity index (χ4v) is 4.65. The van der Waals surface area contributed by atoms with Gasteiger partial charge < -0.3 is 43.6 Å². The summed E-state index contributed by atoms with van der Waals surface area (Å²) in [4.78, 5) is 65.0. The van der Waals surface area contributed by atoms with E-state index in [0.29, 0.717) is 0 Å². The highest BCUT2D eigenvalue weighted by atomic mass is 16.4. The molecule has 11 N–H and O–H groups in total. The lowest BCUT2D eigenvalue weighted by Crippen LogP contribution is -2.59. The summed E-state index contributed by atoms with van der Waals surface area (Å²) >= 11 is 0. The summed E-state index contributed by atoms with van der Waals surface area (Å²) in [5, 5.41) is 20.1. The van der Waals surface area contributed by atoms with Gasteiger partial charge in [0.05, 0.1) is 6.04 Å². The first kappa shape index (κ1) is 36.9. The van der Waals surface area contributed by atoms with Crippen LogP contribution >= 0.6 is 0 Å². The van der Waals surface area contributed by atoms with Crippen molar-refractivity contribution in [1.82, 2.24) is 21.3 Å². The standard InChI is InChI=1S/C32H47N7O6/c1-20(2)17-27(32(44)45)39-29(41)24(14-16-34)36-30(42)26(19-22-11-7-4-8-12-22)38-31(43)25(18-21-9-5-3-6-10-21)37-28(40)23(35)13-15-33/h3-12,20,23-27H,13-19,33-35H2,1-2H3,(H,36,42)(H,37,40)(H,38,43)(H,39,41)(H,44,45)/t23-,24-,25+,26-,27-/m0/s1. The molecule has 13 nitrogen and oxygen atoms in total. The summed E-state index contributed by atoms with van der Waals surface area (Å²) in [5.74, 6) is -3.77. The number of benzene rings is 2. The van der Waals surface area contributed by atoms with E-state index in [9.17, 15) is 29.1 Å². The van der Waals surface area contributed by atoms with Crippen molar-refractivity contribution in [2.75, 3.05) is 13.1 Å². The third-order valence-corrected chi connectivity index (χ3v) is 7.06. The Morgan fingerprint density at radius 3 is 1.44 bits per heavy atom. The van der Waals surface area contributed by atoms with Crippen molar-refractivity contribution < 1.29 is 29.1 Å². The maximum absolute atomic E-state index is 13.7. The molecule has 0 aliphatic rings. The Labute approximate surface area is 264 Å². The molecule has 13 heteroatoms. The predicted octanol–water partition coefficient (Wildman–Crippen LogP) is -0.433. The van der Waals surface area contributed by atoms with Gasteiger partial charge in [-0.1, -0.05) is 74.5 Å². The summed E-state index contributed by atoms with van der Waals surface area (Å²) < 4.78 is 0. The molecule has 246 valence electrons. The van der Waals surface area contributed by atoms with E-state index in [-0.39, 0.29) is 51.1 Å². The zero-order valence-electron chi connectivity index (χ0n) is 25.9. The molecule has 0 bridgehead atoms. The number of nitrogens with two attached hydrogens (primary N) is 3. The highest BCUT2D eigenvalue weighted by Gasteiger charge is 2.32. The minimum atomic E-state index is -1.19. The van der Waals surface area contributed by atoms with Crippen molar-refractivity contribution in [3.05, 3.63) is 71.8 Å². The van der Waals surface area contributed by atoms with E-state index < -0.39 is 59.8 Å². The second kappa shape index (κ2) is 19.1. The number of nitrogens with one attached hydrogen (secondary N) is 4. The Bertz CT molecular complexity index is 1250. The zero-order chi connectivity index (χ0) is 33.4. The number of amides is 4. The second-order valence-corrected chi connectivity index (χ2v) is 11.4. The number of carbonyl (C=O) groups excluding carboxylic acids is 4. The van der Waals surface area contributed by atoms with Gasteiger partial charge in [-0.15, -0.1) is 0 Å². The fraction of sp³-hybridized carbons (Fsp3) is 0.469. The number of carboxylic acid groups (broad SMARTS) is 1. The summed E-state index contributed by atoms with van der Waals surface area (Å²) in [7, 11) is 0. The van der Waals surface area contributed by atoms with Crippen molar-refractivity contribution in [2.24, 2.45) is 23.1 Å². The van der Waals surface area contributed by atoms with Gasteiger partial charge in [0.2, 0.25) is 23.6 Å². The average molecular weight is 626 g/mol. The predicted molar refractivity (Wildman–Crippen MR) is 170 cm³/mol. The smallest absolute Gasteiger partial charge is 0.326 e. The van der Waals surface area contributed by atoms with Crippen LogP contribution in [0.2, 0.25) is 0 Å². The maximum Gasteiger partial charge on any atom is 0.326 e. The van der Waals surface area contributed by atoms with Gasteiger partial charge in [0, 0.05) is 12.8 Å². The molecule has 0 heterocycles. The van der Waals surface area contributed by atoms with Crippen LogP contribution in [0.3, 0.4) is 0 Å². The van der Waals surface area contributed by atoms with Crippen molar-refractivity contribution in [1.29, 1.82) is 0 Å². The van der Waals surface area contributed by atoms with Gasteiger partial charge in [-0.05, 0) is 49.4 Å². The number of rotatable bonds is 19. The van der Waals surface area contributed by atoms with E-state index in [1.165, 1.54) is 0 Å². The van der Waals surface area contributed by atoms with Gasteiger partial charge in [-0.3, -0.25) is 19.2 Å². The van der Waals surface area contributed by atoms with E-state index in [1.807, 2.05) is 26.0 Å². The van der Waals surface area contributed by atoms with Crippen LogP contribution in [0.5, 0.6) is 0 Å². The highest BCUT2D eigenvalue weighted by Crippen LogP contribution is 2.09. The molecule has 0 unspecified atom stereocenters. The number of hydrogen-bond donors (Lipinski definition) is 8. The van der Waals surface area contributed by atoms with Crippen molar-refractivity contribution in [3.8, 4) is 0 Å². The quantitative estimate of drug-likeness (QED) is 0.101. The van der Waals surface area contributed by atoms with Crippen LogP contribution in [0.15, 0.2) is 60.7 Å². The monoisotopic (exact) mass is 625 g/mol. The number of hydrogen-bond acceptors (Lipinski definition) is 8. The Morgan fingerprint density at radius 1 is 0.622 bits per heavy atom. The Kier molecular flexibility index (Phi) is 15.7. The van der Waals surface area contributed by atoms with E-state index in [0.717, 1.165) is 11.1 Å². The molecule has 2 aromatic carbocycles. The topological polar surface area (TPSA) is 232 Å². The van der Waals surface area contributed by atoms with Crippen molar-refractivity contribution in [3.63, 3.8) is 0 Å². The Morgan fingerprint density at radius 2 is 1.02 bits per heavy atom. The molecule has 5 atom stereocenters. The van der Waals surface area contributed by atoms with Crippen LogP contribution in [-0.4, -0.2) is 78.0 Å². The third kappa shape index (κ3) is 13.1. The lowest BCUT2D eigenvalue weighted by molar-refractivity contribution is -0.142. The first-order chi connectivity index (χ1) is 21.4. The maximum atomic E-state index is 13.7. The first-order valence-corrected chi connectivity index (χ1v) is 15.1.